The Hall–Kier alpha value is -1.12. The van der Waals surface area contributed by atoms with E-state index in [-0.39, 0.29) is 23.5 Å². The van der Waals surface area contributed by atoms with Crippen molar-refractivity contribution < 1.29 is 17.6 Å². The first-order valence-corrected chi connectivity index (χ1v) is 9.00. The minimum atomic E-state index is -3.04. The zero-order valence-electron chi connectivity index (χ0n) is 10.3. The molecule has 0 radical (unpaired) electrons. The van der Waals surface area contributed by atoms with E-state index in [2.05, 4.69) is 0 Å². The zero-order valence-corrected chi connectivity index (χ0v) is 12.8. The van der Waals surface area contributed by atoms with Crippen LogP contribution in [0.3, 0.4) is 0 Å². The van der Waals surface area contributed by atoms with Gasteiger partial charge in [0, 0.05) is 5.56 Å². The molecular weight excluding hydrogens is 318 g/mol. The Morgan fingerprint density at radius 1 is 1.50 bits per heavy atom. The molecule has 2 aliphatic rings. The molecule has 0 saturated carbocycles. The van der Waals surface area contributed by atoms with Gasteiger partial charge in [0.1, 0.15) is 4.32 Å². The normalized spacial score (nSPS) is 27.7. The van der Waals surface area contributed by atoms with Gasteiger partial charge < -0.3 is 4.42 Å². The highest BCUT2D eigenvalue weighted by Crippen LogP contribution is 2.36. The van der Waals surface area contributed by atoms with Gasteiger partial charge in [0.05, 0.1) is 35.0 Å². The van der Waals surface area contributed by atoms with Gasteiger partial charge in [-0.2, -0.15) is 0 Å². The van der Waals surface area contributed by atoms with Crippen LogP contribution in [0.15, 0.2) is 27.9 Å². The van der Waals surface area contributed by atoms with Gasteiger partial charge in [-0.05, 0) is 18.6 Å². The molecular formula is C12H11NO4S3. The highest BCUT2D eigenvalue weighted by atomic mass is 32.2. The number of amides is 1. The molecule has 0 spiro atoms. The average molecular weight is 329 g/mol. The summed E-state index contributed by atoms with van der Waals surface area (Å²) in [5.41, 5.74) is 0.782. The quantitative estimate of drug-likeness (QED) is 0.607. The molecule has 1 aromatic heterocycles. The van der Waals surface area contributed by atoms with E-state index < -0.39 is 9.84 Å². The minimum absolute atomic E-state index is 0.00156. The summed E-state index contributed by atoms with van der Waals surface area (Å²) in [5, 5.41) is 0. The van der Waals surface area contributed by atoms with Gasteiger partial charge in [-0.25, -0.2) is 8.42 Å². The summed E-state index contributed by atoms with van der Waals surface area (Å²) >= 11 is 6.41. The van der Waals surface area contributed by atoms with Crippen LogP contribution in [0.2, 0.25) is 0 Å². The maximum atomic E-state index is 12.4. The average Bonchev–Trinajstić information content (AvgIpc) is 3.03. The van der Waals surface area contributed by atoms with Crippen LogP contribution in [0.25, 0.3) is 6.08 Å². The van der Waals surface area contributed by atoms with Crippen molar-refractivity contribution in [3.05, 3.63) is 29.1 Å². The number of rotatable bonds is 2. The predicted molar refractivity (Wildman–Crippen MR) is 80.8 cm³/mol. The van der Waals surface area contributed by atoms with Crippen LogP contribution >= 0.6 is 24.0 Å². The molecule has 3 rings (SSSR count). The van der Waals surface area contributed by atoms with E-state index in [1.807, 2.05) is 0 Å². The maximum absolute atomic E-state index is 12.4. The Morgan fingerprint density at radius 3 is 2.90 bits per heavy atom. The van der Waals surface area contributed by atoms with Gasteiger partial charge in [0.2, 0.25) is 0 Å². The largest absolute Gasteiger partial charge is 0.472 e. The van der Waals surface area contributed by atoms with Crippen LogP contribution in [0.4, 0.5) is 0 Å². The number of sulfone groups is 1. The van der Waals surface area contributed by atoms with Crippen LogP contribution < -0.4 is 0 Å². The number of carbonyl (C=O) groups is 1. The third kappa shape index (κ3) is 2.55. The predicted octanol–water partition coefficient (Wildman–Crippen LogP) is 1.67. The third-order valence-electron chi connectivity index (χ3n) is 3.24. The van der Waals surface area contributed by atoms with Gasteiger partial charge in [-0.1, -0.05) is 24.0 Å². The molecule has 8 heteroatoms. The minimum Gasteiger partial charge on any atom is -0.472 e. The smallest absolute Gasteiger partial charge is 0.266 e. The fraction of sp³-hybridized carbons (Fsp3) is 0.333. The molecule has 1 unspecified atom stereocenters. The lowest BCUT2D eigenvalue weighted by Crippen LogP contribution is -2.39. The Morgan fingerprint density at radius 2 is 2.30 bits per heavy atom. The maximum Gasteiger partial charge on any atom is 0.266 e. The highest BCUT2D eigenvalue weighted by molar-refractivity contribution is 8.26. The van der Waals surface area contributed by atoms with E-state index in [1.54, 1.807) is 12.1 Å². The second-order valence-electron chi connectivity index (χ2n) is 4.67. The van der Waals surface area contributed by atoms with Crippen LogP contribution in [-0.4, -0.2) is 41.1 Å². The van der Waals surface area contributed by atoms with E-state index in [4.69, 9.17) is 16.6 Å². The Kier molecular flexibility index (Phi) is 3.47. The van der Waals surface area contributed by atoms with E-state index in [1.165, 1.54) is 29.2 Å². The van der Waals surface area contributed by atoms with Gasteiger partial charge in [0.25, 0.3) is 5.91 Å². The number of furan rings is 1. The Bertz CT molecular complexity index is 690. The summed E-state index contributed by atoms with van der Waals surface area (Å²) in [4.78, 5) is 14.3. The number of nitrogens with zero attached hydrogens (tertiary/aromatic N) is 1. The van der Waals surface area contributed by atoms with Crippen molar-refractivity contribution in [1.29, 1.82) is 0 Å². The molecule has 2 aliphatic heterocycles. The zero-order chi connectivity index (χ0) is 14.3. The first kappa shape index (κ1) is 13.8. The second-order valence-corrected chi connectivity index (χ2v) is 8.57. The molecule has 0 bridgehead atoms. The van der Waals surface area contributed by atoms with Crippen molar-refractivity contribution in [1.82, 2.24) is 4.90 Å². The van der Waals surface area contributed by atoms with E-state index in [0.29, 0.717) is 15.6 Å². The van der Waals surface area contributed by atoms with Crippen LogP contribution in [0.5, 0.6) is 0 Å². The van der Waals surface area contributed by atoms with Crippen LogP contribution in [0, 0.1) is 0 Å². The van der Waals surface area contributed by atoms with Crippen LogP contribution in [0.1, 0.15) is 12.0 Å². The number of thioether (sulfide) groups is 1. The fourth-order valence-electron chi connectivity index (χ4n) is 2.28. The van der Waals surface area contributed by atoms with E-state index >= 15 is 0 Å². The lowest BCUT2D eigenvalue weighted by molar-refractivity contribution is -0.123. The van der Waals surface area contributed by atoms with E-state index in [0.717, 1.165) is 5.56 Å². The Balaban J connectivity index is 1.85. The molecule has 1 amide bonds. The van der Waals surface area contributed by atoms with Crippen molar-refractivity contribution >= 4 is 50.1 Å². The van der Waals surface area contributed by atoms with Crippen molar-refractivity contribution in [2.75, 3.05) is 11.5 Å². The summed E-state index contributed by atoms with van der Waals surface area (Å²) in [6, 6.07) is 1.41. The monoisotopic (exact) mass is 329 g/mol. The number of carbonyl (C=O) groups excluding carboxylic acids is 1. The molecule has 2 fully saturated rings. The highest BCUT2D eigenvalue weighted by Gasteiger charge is 2.42. The number of hydrogen-bond acceptors (Lipinski definition) is 6. The molecule has 106 valence electrons. The number of hydrogen-bond donors (Lipinski definition) is 0. The summed E-state index contributed by atoms with van der Waals surface area (Å²) < 4.78 is 28.4. The summed E-state index contributed by atoms with van der Waals surface area (Å²) in [6.07, 6.45) is 5.21. The molecule has 20 heavy (non-hydrogen) atoms. The molecule has 0 aromatic carbocycles. The van der Waals surface area contributed by atoms with Gasteiger partial charge in [-0.15, -0.1) is 0 Å². The van der Waals surface area contributed by atoms with Crippen molar-refractivity contribution in [2.45, 2.75) is 12.5 Å². The SMILES string of the molecule is O=C1/C(=C\c2ccoc2)SC(=S)N1C1CCS(=O)(=O)C1. The molecule has 3 heterocycles. The summed E-state index contributed by atoms with van der Waals surface area (Å²) in [6.45, 7) is 0. The molecule has 0 N–H and O–H groups in total. The first-order valence-electron chi connectivity index (χ1n) is 5.96. The van der Waals surface area contributed by atoms with Crippen LogP contribution in [-0.2, 0) is 14.6 Å². The molecule has 0 aliphatic carbocycles. The molecule has 1 atom stereocenters. The summed E-state index contributed by atoms with van der Waals surface area (Å²) in [5.74, 6) is -0.100. The number of thiocarbonyl (C=S) groups is 1. The Labute approximate surface area is 125 Å². The van der Waals surface area contributed by atoms with Gasteiger partial charge in [-0.3, -0.25) is 9.69 Å². The fourth-order valence-corrected chi connectivity index (χ4v) is 5.38. The van der Waals surface area contributed by atoms with Gasteiger partial charge >= 0.3 is 0 Å². The summed E-state index contributed by atoms with van der Waals surface area (Å²) in [7, 11) is -3.04. The van der Waals surface area contributed by atoms with E-state index in [9.17, 15) is 13.2 Å². The lowest BCUT2D eigenvalue weighted by Gasteiger charge is -2.20. The second kappa shape index (κ2) is 5.01. The topological polar surface area (TPSA) is 67.6 Å². The molecule has 5 nitrogen and oxygen atoms in total. The van der Waals surface area contributed by atoms with Crippen molar-refractivity contribution in [2.24, 2.45) is 0 Å². The molecule has 2 saturated heterocycles. The lowest BCUT2D eigenvalue weighted by atomic mass is 10.2. The van der Waals surface area contributed by atoms with Gasteiger partial charge in [0.15, 0.2) is 9.84 Å². The van der Waals surface area contributed by atoms with Crippen molar-refractivity contribution in [3.8, 4) is 0 Å². The van der Waals surface area contributed by atoms with Crippen molar-refractivity contribution in [3.63, 3.8) is 0 Å². The molecule has 1 aromatic rings. The standard InChI is InChI=1S/C12H11NO4S3/c14-11-10(5-8-1-3-17-6-8)19-12(18)13(11)9-2-4-20(15,16)7-9/h1,3,5-6,9H,2,4,7H2/b10-5+. The first-order chi connectivity index (χ1) is 9.46. The third-order valence-corrected chi connectivity index (χ3v) is 6.32.